The maximum Gasteiger partial charge on any atom is 0.258 e. The molecule has 5 nitrogen and oxygen atoms in total. The van der Waals surface area contributed by atoms with E-state index >= 15 is 0 Å². The summed E-state index contributed by atoms with van der Waals surface area (Å²) in [5, 5.41) is 3.36. The van der Waals surface area contributed by atoms with Crippen LogP contribution in [0.5, 0.6) is 0 Å². The first-order valence-corrected chi connectivity index (χ1v) is 9.12. The minimum Gasteiger partial charge on any atom is -0.310 e. The molecule has 0 aliphatic heterocycles. The van der Waals surface area contributed by atoms with Gasteiger partial charge in [0.1, 0.15) is 0 Å². The zero-order valence-electron chi connectivity index (χ0n) is 13.2. The maximum absolute atomic E-state index is 12.1. The predicted molar refractivity (Wildman–Crippen MR) is 85.5 cm³/mol. The first kappa shape index (κ1) is 18.1. The van der Waals surface area contributed by atoms with Gasteiger partial charge in [0.2, 0.25) is 0 Å². The summed E-state index contributed by atoms with van der Waals surface area (Å²) in [6.45, 7) is 7.42. The largest absolute Gasteiger partial charge is 0.310 e. The normalized spacial score (nSPS) is 12.0. The Bertz CT molecular complexity index is 498. The van der Waals surface area contributed by atoms with Crippen LogP contribution in [-0.4, -0.2) is 26.0 Å². The Hall–Kier alpha value is -0.980. The number of hydrogen-bond acceptors (Lipinski definition) is 4. The van der Waals surface area contributed by atoms with E-state index in [1.54, 1.807) is 18.3 Å². The lowest BCUT2D eigenvalue weighted by Gasteiger charge is -2.09. The summed E-state index contributed by atoms with van der Waals surface area (Å²) in [7, 11) is -3.48. The second-order valence-corrected chi connectivity index (χ2v) is 7.21. The molecule has 0 aliphatic rings. The molecule has 0 radical (unpaired) electrons. The van der Waals surface area contributed by atoms with Crippen LogP contribution in [0.4, 0.5) is 0 Å². The van der Waals surface area contributed by atoms with Crippen LogP contribution in [0, 0.1) is 0 Å². The van der Waals surface area contributed by atoms with Crippen molar-refractivity contribution in [2.45, 2.75) is 64.1 Å². The molecule has 1 aromatic heterocycles. The van der Waals surface area contributed by atoms with Crippen molar-refractivity contribution in [3.8, 4) is 0 Å². The summed E-state index contributed by atoms with van der Waals surface area (Å²) < 4.78 is 26.7. The summed E-state index contributed by atoms with van der Waals surface area (Å²) in [4.78, 5) is 4.05. The first-order valence-electron chi connectivity index (χ1n) is 7.63. The van der Waals surface area contributed by atoms with E-state index in [1.807, 2.05) is 0 Å². The summed E-state index contributed by atoms with van der Waals surface area (Å²) >= 11 is 0. The van der Waals surface area contributed by atoms with Crippen LogP contribution in [0.3, 0.4) is 0 Å². The van der Waals surface area contributed by atoms with Gasteiger partial charge in [0.15, 0.2) is 5.03 Å². The molecule has 0 bridgehead atoms. The molecule has 0 spiro atoms. The summed E-state index contributed by atoms with van der Waals surface area (Å²) in [6.07, 6.45) is 5.80. The number of sulfonamides is 1. The number of pyridine rings is 1. The second kappa shape index (κ2) is 9.12. The molecule has 120 valence electrons. The predicted octanol–water partition coefficient (Wildman–Crippen LogP) is 2.44. The highest BCUT2D eigenvalue weighted by Crippen LogP contribution is 2.07. The minimum absolute atomic E-state index is 0.0892. The Morgan fingerprint density at radius 1 is 1.19 bits per heavy atom. The molecule has 0 saturated heterocycles. The molecule has 0 aliphatic carbocycles. The maximum atomic E-state index is 12.1. The average Bonchev–Trinajstić information content (AvgIpc) is 2.45. The number of rotatable bonds is 10. The summed E-state index contributed by atoms with van der Waals surface area (Å²) in [5.74, 6) is 0. The Morgan fingerprint density at radius 3 is 2.52 bits per heavy atom. The second-order valence-electron chi connectivity index (χ2n) is 5.50. The van der Waals surface area contributed by atoms with Gasteiger partial charge in [-0.25, -0.2) is 18.1 Å². The van der Waals surface area contributed by atoms with Crippen LogP contribution < -0.4 is 10.0 Å². The third-order valence-electron chi connectivity index (χ3n) is 3.11. The molecule has 6 heteroatoms. The van der Waals surface area contributed by atoms with E-state index in [2.05, 4.69) is 35.8 Å². The van der Waals surface area contributed by atoms with Crippen LogP contribution in [0.25, 0.3) is 0 Å². The van der Waals surface area contributed by atoms with Gasteiger partial charge in [-0.3, -0.25) is 0 Å². The van der Waals surface area contributed by atoms with Gasteiger partial charge in [0.25, 0.3) is 10.0 Å². The van der Waals surface area contributed by atoms with Crippen LogP contribution in [-0.2, 0) is 16.6 Å². The Labute approximate surface area is 128 Å². The fourth-order valence-corrected chi connectivity index (χ4v) is 2.83. The lowest BCUT2D eigenvalue weighted by atomic mass is 10.2. The molecule has 1 heterocycles. The lowest BCUT2D eigenvalue weighted by Crippen LogP contribution is -2.26. The van der Waals surface area contributed by atoms with E-state index < -0.39 is 10.0 Å². The topological polar surface area (TPSA) is 71.1 Å². The van der Waals surface area contributed by atoms with Crippen LogP contribution >= 0.6 is 0 Å². The van der Waals surface area contributed by atoms with Crippen molar-refractivity contribution in [1.82, 2.24) is 15.0 Å². The highest BCUT2D eigenvalue weighted by Gasteiger charge is 2.14. The number of hydrogen-bond donors (Lipinski definition) is 2. The SMILES string of the molecule is CCCCCCNS(=O)(=O)c1ccc(CNC(C)C)cn1. The zero-order valence-corrected chi connectivity index (χ0v) is 14.0. The number of unbranched alkanes of at least 4 members (excludes halogenated alkanes) is 3. The molecule has 0 unspecified atom stereocenters. The van der Waals surface area contributed by atoms with Gasteiger partial charge in [-0.2, -0.15) is 0 Å². The van der Waals surface area contributed by atoms with Gasteiger partial charge in [0.05, 0.1) is 0 Å². The highest BCUT2D eigenvalue weighted by atomic mass is 32.2. The molecular formula is C15H27N3O2S. The zero-order chi connectivity index (χ0) is 15.7. The Morgan fingerprint density at radius 2 is 1.95 bits per heavy atom. The summed E-state index contributed by atoms with van der Waals surface area (Å²) in [6, 6.07) is 3.75. The highest BCUT2D eigenvalue weighted by molar-refractivity contribution is 7.89. The van der Waals surface area contributed by atoms with E-state index in [4.69, 9.17) is 0 Å². The van der Waals surface area contributed by atoms with Gasteiger partial charge in [-0.1, -0.05) is 46.1 Å². The lowest BCUT2D eigenvalue weighted by molar-refractivity contribution is 0.568. The van der Waals surface area contributed by atoms with E-state index in [1.165, 1.54) is 0 Å². The molecule has 0 atom stereocenters. The first-order chi connectivity index (χ1) is 9.95. The summed E-state index contributed by atoms with van der Waals surface area (Å²) in [5.41, 5.74) is 0.977. The molecule has 2 N–H and O–H groups in total. The molecule has 21 heavy (non-hydrogen) atoms. The monoisotopic (exact) mass is 313 g/mol. The molecule has 0 saturated carbocycles. The number of nitrogens with zero attached hydrogens (tertiary/aromatic N) is 1. The molecule has 1 aromatic rings. The molecular weight excluding hydrogens is 286 g/mol. The number of nitrogens with one attached hydrogen (secondary N) is 2. The Balaban J connectivity index is 2.51. The standard InChI is InChI=1S/C15H27N3O2S/c1-4-5-6-7-10-18-21(19,20)15-9-8-14(12-17-15)11-16-13(2)3/h8-9,12-13,16,18H,4-7,10-11H2,1-3H3. The van der Waals surface area contributed by atoms with Gasteiger partial charge in [-0.15, -0.1) is 0 Å². The van der Waals surface area contributed by atoms with Gasteiger partial charge in [-0.05, 0) is 18.1 Å². The smallest absolute Gasteiger partial charge is 0.258 e. The van der Waals surface area contributed by atoms with Gasteiger partial charge < -0.3 is 5.32 Å². The van der Waals surface area contributed by atoms with E-state index in [0.29, 0.717) is 19.1 Å². The quantitative estimate of drug-likeness (QED) is 0.651. The van der Waals surface area contributed by atoms with E-state index in [0.717, 1.165) is 31.2 Å². The van der Waals surface area contributed by atoms with E-state index in [9.17, 15) is 8.42 Å². The van der Waals surface area contributed by atoms with Gasteiger partial charge >= 0.3 is 0 Å². The third-order valence-corrected chi connectivity index (χ3v) is 4.49. The van der Waals surface area contributed by atoms with Gasteiger partial charge in [0, 0.05) is 25.3 Å². The van der Waals surface area contributed by atoms with Crippen LogP contribution in [0.1, 0.15) is 52.0 Å². The van der Waals surface area contributed by atoms with Crippen molar-refractivity contribution in [1.29, 1.82) is 0 Å². The molecule has 1 rings (SSSR count). The van der Waals surface area contributed by atoms with Crippen molar-refractivity contribution >= 4 is 10.0 Å². The molecule has 0 aromatic carbocycles. The van der Waals surface area contributed by atoms with Crippen LogP contribution in [0.2, 0.25) is 0 Å². The van der Waals surface area contributed by atoms with Crippen molar-refractivity contribution in [2.24, 2.45) is 0 Å². The average molecular weight is 313 g/mol. The fraction of sp³-hybridized carbons (Fsp3) is 0.667. The third kappa shape index (κ3) is 7.02. The molecule has 0 amide bonds. The fourth-order valence-electron chi connectivity index (χ4n) is 1.83. The van der Waals surface area contributed by atoms with Crippen molar-refractivity contribution in [3.63, 3.8) is 0 Å². The van der Waals surface area contributed by atoms with Crippen molar-refractivity contribution < 1.29 is 8.42 Å². The van der Waals surface area contributed by atoms with Crippen LogP contribution in [0.15, 0.2) is 23.4 Å². The number of aromatic nitrogens is 1. The van der Waals surface area contributed by atoms with Crippen molar-refractivity contribution in [2.75, 3.05) is 6.54 Å². The molecule has 0 fully saturated rings. The van der Waals surface area contributed by atoms with E-state index in [-0.39, 0.29) is 5.03 Å². The Kier molecular flexibility index (Phi) is 7.85. The van der Waals surface area contributed by atoms with Crippen molar-refractivity contribution in [3.05, 3.63) is 23.9 Å². The minimum atomic E-state index is -3.48.